The Morgan fingerprint density at radius 2 is 1.70 bits per heavy atom. The fourth-order valence-corrected chi connectivity index (χ4v) is 4.13. The molecule has 30 heavy (non-hydrogen) atoms. The van der Waals surface area contributed by atoms with E-state index in [9.17, 15) is 18.0 Å². The fraction of sp³-hybridized carbons (Fsp3) is 0.333. The molecule has 162 valence electrons. The third-order valence-electron chi connectivity index (χ3n) is 4.36. The number of amides is 2. The minimum absolute atomic E-state index is 0.0645. The van der Waals surface area contributed by atoms with Gasteiger partial charge in [0, 0.05) is 26.1 Å². The average molecular weight is 434 g/mol. The van der Waals surface area contributed by atoms with Gasteiger partial charge in [0.05, 0.1) is 17.6 Å². The lowest BCUT2D eigenvalue weighted by atomic mass is 10.2. The number of nitrogens with one attached hydrogen (secondary N) is 3. The molecule has 0 saturated carbocycles. The predicted octanol–water partition coefficient (Wildman–Crippen LogP) is 1.53. The van der Waals surface area contributed by atoms with Crippen molar-refractivity contribution in [3.63, 3.8) is 0 Å². The van der Waals surface area contributed by atoms with Gasteiger partial charge in [-0.05, 0) is 43.2 Å². The lowest BCUT2D eigenvalue weighted by Crippen LogP contribution is -2.36. The van der Waals surface area contributed by atoms with Gasteiger partial charge in [-0.3, -0.25) is 9.59 Å². The van der Waals surface area contributed by atoms with Crippen molar-refractivity contribution in [1.29, 1.82) is 0 Å². The number of sulfonamides is 1. The molecule has 0 bridgehead atoms. The summed E-state index contributed by atoms with van der Waals surface area (Å²) in [5.41, 5.74) is 1.90. The number of benzene rings is 2. The van der Waals surface area contributed by atoms with Crippen molar-refractivity contribution >= 4 is 21.8 Å². The van der Waals surface area contributed by atoms with Gasteiger partial charge in [-0.2, -0.15) is 0 Å². The Balaban J connectivity index is 1.72. The molecule has 2 aromatic carbocycles. The summed E-state index contributed by atoms with van der Waals surface area (Å²) in [5.74, 6) is -0.168. The zero-order chi connectivity index (χ0) is 22.1. The molecule has 0 radical (unpaired) electrons. The number of ether oxygens (including phenoxy) is 1. The van der Waals surface area contributed by atoms with E-state index in [1.807, 2.05) is 13.0 Å². The summed E-state index contributed by atoms with van der Waals surface area (Å²) in [7, 11) is -2.17. The van der Waals surface area contributed by atoms with Crippen molar-refractivity contribution in [3.05, 3.63) is 59.2 Å². The van der Waals surface area contributed by atoms with Gasteiger partial charge in [0.15, 0.2) is 0 Å². The summed E-state index contributed by atoms with van der Waals surface area (Å²) in [6.45, 7) is 3.91. The van der Waals surface area contributed by atoms with Gasteiger partial charge in [-0.1, -0.05) is 24.3 Å². The van der Waals surface area contributed by atoms with Crippen molar-refractivity contribution in [1.82, 2.24) is 15.4 Å². The highest BCUT2D eigenvalue weighted by atomic mass is 32.2. The summed E-state index contributed by atoms with van der Waals surface area (Å²) < 4.78 is 32.4. The van der Waals surface area contributed by atoms with Crippen LogP contribution in [0.15, 0.2) is 47.4 Å². The van der Waals surface area contributed by atoms with Crippen LogP contribution in [0.25, 0.3) is 0 Å². The maximum Gasteiger partial charge on any atom is 0.255 e. The first-order valence-electron chi connectivity index (χ1n) is 9.49. The number of para-hydroxylation sites is 1. The Bertz CT molecular complexity index is 1010. The Kier molecular flexibility index (Phi) is 8.37. The Hall–Kier alpha value is -2.91. The Morgan fingerprint density at radius 1 is 0.967 bits per heavy atom. The Morgan fingerprint density at radius 3 is 2.43 bits per heavy atom. The van der Waals surface area contributed by atoms with Gasteiger partial charge in [-0.25, -0.2) is 13.1 Å². The molecule has 0 unspecified atom stereocenters. The van der Waals surface area contributed by atoms with Gasteiger partial charge in [0.25, 0.3) is 5.91 Å². The second-order valence-electron chi connectivity index (χ2n) is 6.72. The summed E-state index contributed by atoms with van der Waals surface area (Å²) in [6.07, 6.45) is 0.0740. The van der Waals surface area contributed by atoms with E-state index in [0.717, 1.165) is 5.56 Å². The van der Waals surface area contributed by atoms with E-state index in [1.54, 1.807) is 43.3 Å². The lowest BCUT2D eigenvalue weighted by Gasteiger charge is -2.11. The normalized spacial score (nSPS) is 11.0. The van der Waals surface area contributed by atoms with Gasteiger partial charge in [-0.15, -0.1) is 0 Å². The number of rotatable bonds is 10. The van der Waals surface area contributed by atoms with Crippen molar-refractivity contribution in [2.24, 2.45) is 0 Å². The highest BCUT2D eigenvalue weighted by Crippen LogP contribution is 2.17. The van der Waals surface area contributed by atoms with E-state index < -0.39 is 10.0 Å². The zero-order valence-corrected chi connectivity index (χ0v) is 18.1. The Labute approximate surface area is 177 Å². The molecule has 9 heteroatoms. The topological polar surface area (TPSA) is 114 Å². The quantitative estimate of drug-likeness (QED) is 0.492. The molecule has 2 rings (SSSR count). The molecule has 0 saturated heterocycles. The van der Waals surface area contributed by atoms with E-state index >= 15 is 0 Å². The standard InChI is InChI=1S/C21H27N3O5S/c1-15-8-9-16(2)19(14-15)30(27,28)24-13-12-22-20(25)10-11-23-21(26)17-6-4-5-7-18(17)29-3/h4-9,14,24H,10-13H2,1-3H3,(H,22,25)(H,23,26). The predicted molar refractivity (Wildman–Crippen MR) is 114 cm³/mol. The minimum atomic E-state index is -3.65. The molecule has 0 atom stereocenters. The molecular weight excluding hydrogens is 406 g/mol. The smallest absolute Gasteiger partial charge is 0.255 e. The molecule has 0 aliphatic rings. The monoisotopic (exact) mass is 433 g/mol. The van der Waals surface area contributed by atoms with Crippen LogP contribution >= 0.6 is 0 Å². The summed E-state index contributed by atoms with van der Waals surface area (Å²) in [4.78, 5) is 24.3. The first-order chi connectivity index (χ1) is 14.2. The summed E-state index contributed by atoms with van der Waals surface area (Å²) in [5, 5.41) is 5.29. The molecule has 0 aliphatic carbocycles. The second-order valence-corrected chi connectivity index (χ2v) is 8.46. The lowest BCUT2D eigenvalue weighted by molar-refractivity contribution is -0.120. The van der Waals surface area contributed by atoms with E-state index in [-0.39, 0.29) is 42.8 Å². The van der Waals surface area contributed by atoms with Gasteiger partial charge < -0.3 is 15.4 Å². The minimum Gasteiger partial charge on any atom is -0.496 e. The zero-order valence-electron chi connectivity index (χ0n) is 17.3. The van der Waals surface area contributed by atoms with Crippen molar-refractivity contribution in [3.8, 4) is 5.75 Å². The molecule has 3 N–H and O–H groups in total. The van der Waals surface area contributed by atoms with Crippen molar-refractivity contribution < 1.29 is 22.7 Å². The third kappa shape index (κ3) is 6.57. The van der Waals surface area contributed by atoms with Crippen molar-refractivity contribution in [2.75, 3.05) is 26.7 Å². The van der Waals surface area contributed by atoms with Crippen LogP contribution in [0.4, 0.5) is 0 Å². The number of hydrogen-bond acceptors (Lipinski definition) is 5. The van der Waals surface area contributed by atoms with Gasteiger partial charge in [0.1, 0.15) is 5.75 Å². The number of carbonyl (C=O) groups is 2. The van der Waals surface area contributed by atoms with Crippen LogP contribution in [0.1, 0.15) is 27.9 Å². The average Bonchev–Trinajstić information content (AvgIpc) is 2.72. The van der Waals surface area contributed by atoms with Crippen LogP contribution in [0.5, 0.6) is 5.75 Å². The maximum absolute atomic E-state index is 12.4. The number of carbonyl (C=O) groups excluding carboxylic acids is 2. The molecule has 0 aliphatic heterocycles. The molecule has 8 nitrogen and oxygen atoms in total. The molecule has 2 aromatic rings. The molecule has 0 heterocycles. The number of methoxy groups -OCH3 is 1. The molecule has 0 spiro atoms. The largest absolute Gasteiger partial charge is 0.496 e. The fourth-order valence-electron chi connectivity index (χ4n) is 2.77. The molecule has 2 amide bonds. The highest BCUT2D eigenvalue weighted by Gasteiger charge is 2.16. The van der Waals surface area contributed by atoms with E-state index in [1.165, 1.54) is 7.11 Å². The maximum atomic E-state index is 12.4. The van der Waals surface area contributed by atoms with E-state index in [4.69, 9.17) is 4.74 Å². The number of hydrogen-bond donors (Lipinski definition) is 3. The van der Waals surface area contributed by atoms with E-state index in [0.29, 0.717) is 16.9 Å². The molecule has 0 fully saturated rings. The van der Waals surface area contributed by atoms with Gasteiger partial charge >= 0.3 is 0 Å². The van der Waals surface area contributed by atoms with Crippen LogP contribution < -0.4 is 20.1 Å². The van der Waals surface area contributed by atoms with Gasteiger partial charge in [0.2, 0.25) is 15.9 Å². The van der Waals surface area contributed by atoms with Crippen LogP contribution in [0, 0.1) is 13.8 Å². The highest BCUT2D eigenvalue weighted by molar-refractivity contribution is 7.89. The molecule has 0 aromatic heterocycles. The van der Waals surface area contributed by atoms with E-state index in [2.05, 4.69) is 15.4 Å². The SMILES string of the molecule is COc1ccccc1C(=O)NCCC(=O)NCCNS(=O)(=O)c1cc(C)ccc1C. The van der Waals surface area contributed by atoms with Crippen LogP contribution in [0.3, 0.4) is 0 Å². The number of aryl methyl sites for hydroxylation is 2. The first-order valence-corrected chi connectivity index (χ1v) is 11.0. The molecular formula is C21H27N3O5S. The third-order valence-corrected chi connectivity index (χ3v) is 5.96. The van der Waals surface area contributed by atoms with Crippen LogP contribution in [-0.2, 0) is 14.8 Å². The first kappa shape index (κ1) is 23.4. The second kappa shape index (κ2) is 10.7. The summed E-state index contributed by atoms with van der Waals surface area (Å²) in [6, 6.07) is 12.0. The van der Waals surface area contributed by atoms with Crippen molar-refractivity contribution in [2.45, 2.75) is 25.2 Å². The van der Waals surface area contributed by atoms with Crippen LogP contribution in [-0.4, -0.2) is 47.0 Å². The van der Waals surface area contributed by atoms with Crippen LogP contribution in [0.2, 0.25) is 0 Å². The summed E-state index contributed by atoms with van der Waals surface area (Å²) >= 11 is 0.